The molecule has 1 saturated heterocycles. The first kappa shape index (κ1) is 16.3. The van der Waals surface area contributed by atoms with Gasteiger partial charge >= 0.3 is 5.97 Å². The highest BCUT2D eigenvalue weighted by atomic mass is 16.6. The maximum Gasteiger partial charge on any atom is 0.343 e. The van der Waals surface area contributed by atoms with E-state index in [4.69, 9.17) is 4.74 Å². The number of hydrogen-bond acceptors (Lipinski definition) is 5. The van der Waals surface area contributed by atoms with Gasteiger partial charge in [0.05, 0.1) is 7.11 Å². The highest BCUT2D eigenvalue weighted by molar-refractivity contribution is 5.90. The van der Waals surface area contributed by atoms with Crippen LogP contribution >= 0.6 is 0 Å². The van der Waals surface area contributed by atoms with E-state index in [0.717, 1.165) is 31.6 Å². The first-order valence-corrected chi connectivity index (χ1v) is 7.47. The van der Waals surface area contributed by atoms with E-state index in [-0.39, 0.29) is 12.5 Å². The fourth-order valence-corrected chi connectivity index (χ4v) is 2.36. The van der Waals surface area contributed by atoms with Crippen molar-refractivity contribution in [2.75, 3.05) is 32.1 Å². The average molecular weight is 306 g/mol. The minimum absolute atomic E-state index is 0.0233. The second-order valence-corrected chi connectivity index (χ2v) is 5.33. The Hall–Kier alpha value is -2.08. The Kier molecular flexibility index (Phi) is 6.21. The summed E-state index contributed by atoms with van der Waals surface area (Å²) in [7, 11) is 1.31. The third kappa shape index (κ3) is 5.37. The van der Waals surface area contributed by atoms with Crippen molar-refractivity contribution in [1.29, 1.82) is 0 Å². The number of anilines is 1. The number of rotatable bonds is 7. The number of carbonyl (C=O) groups excluding carboxylic acids is 2. The molecule has 2 N–H and O–H groups in total. The lowest BCUT2D eigenvalue weighted by atomic mass is 10.0. The molecule has 6 heteroatoms. The summed E-state index contributed by atoms with van der Waals surface area (Å²) in [6, 6.07) is 6.92. The molecule has 120 valence electrons. The fraction of sp³-hybridized carbons (Fsp3) is 0.500. The number of nitrogens with one attached hydrogen (secondary N) is 2. The first-order valence-electron chi connectivity index (χ1n) is 7.47. The normalized spacial score (nSPS) is 17.0. The van der Waals surface area contributed by atoms with E-state index in [1.165, 1.54) is 7.11 Å². The van der Waals surface area contributed by atoms with Crippen LogP contribution in [-0.2, 0) is 14.3 Å². The average Bonchev–Trinajstić information content (AvgIpc) is 3.05. The zero-order chi connectivity index (χ0) is 15.8. The molecule has 1 aliphatic rings. The standard InChI is InChI=1S/C16H22N2O4/c1-21-16(20)11-22-14-5-3-13(4-6-14)18-15(19)7-2-12-8-9-17-10-12/h3-6,12,17H,2,7-11H2,1H3,(H,18,19). The molecule has 6 nitrogen and oxygen atoms in total. The largest absolute Gasteiger partial charge is 0.482 e. The third-order valence-corrected chi connectivity index (χ3v) is 3.66. The van der Waals surface area contributed by atoms with Gasteiger partial charge in [0.1, 0.15) is 5.75 Å². The second kappa shape index (κ2) is 8.38. The Labute approximate surface area is 130 Å². The molecular weight excluding hydrogens is 284 g/mol. The maximum absolute atomic E-state index is 11.9. The Balaban J connectivity index is 1.72. The highest BCUT2D eigenvalue weighted by Crippen LogP contribution is 2.18. The monoisotopic (exact) mass is 306 g/mol. The van der Waals surface area contributed by atoms with Crippen molar-refractivity contribution < 1.29 is 19.1 Å². The Morgan fingerprint density at radius 1 is 1.32 bits per heavy atom. The number of esters is 1. The van der Waals surface area contributed by atoms with Gasteiger partial charge in [-0.05, 0) is 56.1 Å². The predicted octanol–water partition coefficient (Wildman–Crippen LogP) is 1.57. The molecule has 0 aromatic heterocycles. The van der Waals surface area contributed by atoms with E-state index < -0.39 is 5.97 Å². The molecule has 0 aliphatic carbocycles. The van der Waals surface area contributed by atoms with Gasteiger partial charge in [-0.3, -0.25) is 4.79 Å². The lowest BCUT2D eigenvalue weighted by Crippen LogP contribution is -2.15. The fourth-order valence-electron chi connectivity index (χ4n) is 2.36. The summed E-state index contributed by atoms with van der Waals surface area (Å²) in [6.45, 7) is 1.94. The molecule has 2 rings (SSSR count). The van der Waals surface area contributed by atoms with Crippen LogP contribution < -0.4 is 15.4 Å². The topological polar surface area (TPSA) is 76.7 Å². The first-order chi connectivity index (χ1) is 10.7. The molecule has 1 unspecified atom stereocenters. The molecule has 1 fully saturated rings. The molecule has 1 aromatic rings. The van der Waals surface area contributed by atoms with E-state index >= 15 is 0 Å². The Morgan fingerprint density at radius 2 is 2.09 bits per heavy atom. The van der Waals surface area contributed by atoms with Crippen LogP contribution in [-0.4, -0.2) is 38.7 Å². The van der Waals surface area contributed by atoms with Gasteiger partial charge in [0, 0.05) is 12.1 Å². The van der Waals surface area contributed by atoms with Crippen LogP contribution in [0.1, 0.15) is 19.3 Å². The number of ether oxygens (including phenoxy) is 2. The van der Waals surface area contributed by atoms with Gasteiger partial charge in [0.2, 0.25) is 5.91 Å². The van der Waals surface area contributed by atoms with Gasteiger partial charge < -0.3 is 20.1 Å². The Morgan fingerprint density at radius 3 is 2.73 bits per heavy atom. The van der Waals surface area contributed by atoms with Gasteiger partial charge in [0.15, 0.2) is 6.61 Å². The minimum Gasteiger partial charge on any atom is -0.482 e. The summed E-state index contributed by atoms with van der Waals surface area (Å²) in [5, 5.41) is 6.16. The van der Waals surface area contributed by atoms with Crippen LogP contribution in [0.3, 0.4) is 0 Å². The molecule has 0 spiro atoms. The summed E-state index contributed by atoms with van der Waals surface area (Å²) < 4.78 is 9.73. The summed E-state index contributed by atoms with van der Waals surface area (Å²) >= 11 is 0. The zero-order valence-electron chi connectivity index (χ0n) is 12.8. The van der Waals surface area contributed by atoms with Crippen LogP contribution in [0.25, 0.3) is 0 Å². The summed E-state index contributed by atoms with van der Waals surface area (Å²) in [5.74, 6) is 0.759. The maximum atomic E-state index is 11.9. The number of hydrogen-bond donors (Lipinski definition) is 2. The summed E-state index contributed by atoms with van der Waals surface area (Å²) in [5.41, 5.74) is 0.722. The van der Waals surface area contributed by atoms with E-state index in [2.05, 4.69) is 15.4 Å². The highest BCUT2D eigenvalue weighted by Gasteiger charge is 2.15. The molecule has 22 heavy (non-hydrogen) atoms. The minimum atomic E-state index is -0.432. The number of benzene rings is 1. The molecule has 1 heterocycles. The molecule has 1 aliphatic heterocycles. The van der Waals surface area contributed by atoms with Gasteiger partial charge in [-0.2, -0.15) is 0 Å². The van der Waals surface area contributed by atoms with E-state index in [1.807, 2.05) is 0 Å². The van der Waals surface area contributed by atoms with E-state index in [1.54, 1.807) is 24.3 Å². The van der Waals surface area contributed by atoms with E-state index in [9.17, 15) is 9.59 Å². The third-order valence-electron chi connectivity index (χ3n) is 3.66. The van der Waals surface area contributed by atoms with Crippen LogP contribution in [0.4, 0.5) is 5.69 Å². The molecule has 0 radical (unpaired) electrons. The van der Waals surface area contributed by atoms with Crippen molar-refractivity contribution in [3.05, 3.63) is 24.3 Å². The summed E-state index contributed by atoms with van der Waals surface area (Å²) in [6.07, 6.45) is 2.60. The Bertz CT molecular complexity index is 495. The van der Waals surface area contributed by atoms with Crippen molar-refractivity contribution in [3.8, 4) is 5.75 Å². The molecule has 0 bridgehead atoms. The molecule has 0 saturated carbocycles. The quantitative estimate of drug-likeness (QED) is 0.748. The lowest BCUT2D eigenvalue weighted by molar-refractivity contribution is -0.142. The van der Waals surface area contributed by atoms with Crippen molar-refractivity contribution in [2.45, 2.75) is 19.3 Å². The molecule has 1 atom stereocenters. The van der Waals surface area contributed by atoms with Gasteiger partial charge in [-0.15, -0.1) is 0 Å². The predicted molar refractivity (Wildman–Crippen MR) is 82.8 cm³/mol. The smallest absolute Gasteiger partial charge is 0.343 e. The lowest BCUT2D eigenvalue weighted by Gasteiger charge is -2.09. The van der Waals surface area contributed by atoms with E-state index in [0.29, 0.717) is 18.1 Å². The van der Waals surface area contributed by atoms with Gasteiger partial charge in [-0.1, -0.05) is 0 Å². The van der Waals surface area contributed by atoms with Crippen molar-refractivity contribution in [2.24, 2.45) is 5.92 Å². The number of amides is 1. The van der Waals surface area contributed by atoms with Crippen LogP contribution in [0.2, 0.25) is 0 Å². The summed E-state index contributed by atoms with van der Waals surface area (Å²) in [4.78, 5) is 22.9. The second-order valence-electron chi connectivity index (χ2n) is 5.33. The number of carbonyl (C=O) groups is 2. The van der Waals surface area contributed by atoms with Crippen molar-refractivity contribution in [3.63, 3.8) is 0 Å². The molecule has 1 amide bonds. The van der Waals surface area contributed by atoms with Crippen LogP contribution in [0.5, 0.6) is 5.75 Å². The number of methoxy groups -OCH3 is 1. The van der Waals surface area contributed by atoms with Gasteiger partial charge in [0.25, 0.3) is 0 Å². The zero-order valence-corrected chi connectivity index (χ0v) is 12.8. The van der Waals surface area contributed by atoms with Crippen LogP contribution in [0, 0.1) is 5.92 Å². The molecular formula is C16H22N2O4. The van der Waals surface area contributed by atoms with Gasteiger partial charge in [-0.25, -0.2) is 4.79 Å². The molecule has 1 aromatic carbocycles. The van der Waals surface area contributed by atoms with Crippen LogP contribution in [0.15, 0.2) is 24.3 Å². The van der Waals surface area contributed by atoms with Crippen molar-refractivity contribution in [1.82, 2.24) is 5.32 Å². The SMILES string of the molecule is COC(=O)COc1ccc(NC(=O)CCC2CCNC2)cc1. The van der Waals surface area contributed by atoms with Crippen molar-refractivity contribution >= 4 is 17.6 Å².